The van der Waals surface area contributed by atoms with Crippen molar-refractivity contribution in [2.24, 2.45) is 0 Å². The van der Waals surface area contributed by atoms with Crippen LogP contribution in [0.25, 0.3) is 0 Å². The fraction of sp³-hybridized carbons (Fsp3) is 0.222. The zero-order valence-corrected chi connectivity index (χ0v) is 13.8. The molecule has 0 bridgehead atoms. The fourth-order valence-electron chi connectivity index (χ4n) is 2.06. The van der Waals surface area contributed by atoms with E-state index in [4.69, 9.17) is 4.74 Å². The molecule has 0 aliphatic rings. The van der Waals surface area contributed by atoms with Crippen LogP contribution in [-0.4, -0.2) is 25.1 Å². The third-order valence-electron chi connectivity index (χ3n) is 3.20. The summed E-state index contributed by atoms with van der Waals surface area (Å²) < 4.78 is 5.61. The average Bonchev–Trinajstić information content (AvgIpc) is 2.54. The molecular weight excluding hydrogens is 306 g/mol. The van der Waals surface area contributed by atoms with E-state index in [9.17, 15) is 9.59 Å². The molecule has 3 amide bonds. The maximum atomic E-state index is 11.8. The summed E-state index contributed by atoms with van der Waals surface area (Å²) in [6.45, 7) is 4.20. The number of hydrogen-bond acceptors (Lipinski definition) is 3. The topological polar surface area (TPSA) is 79.5 Å². The number of ether oxygens (including phenoxy) is 1. The Labute approximate surface area is 141 Å². The van der Waals surface area contributed by atoms with Crippen molar-refractivity contribution in [2.75, 3.05) is 23.8 Å². The van der Waals surface area contributed by atoms with Crippen LogP contribution in [0.4, 0.5) is 16.2 Å². The molecule has 2 aromatic rings. The van der Waals surface area contributed by atoms with Crippen LogP contribution in [0.3, 0.4) is 0 Å². The van der Waals surface area contributed by atoms with E-state index in [1.165, 1.54) is 6.92 Å². The average molecular weight is 327 g/mol. The van der Waals surface area contributed by atoms with E-state index in [-0.39, 0.29) is 11.9 Å². The van der Waals surface area contributed by atoms with Gasteiger partial charge in [-0.15, -0.1) is 0 Å². The van der Waals surface area contributed by atoms with Crippen LogP contribution in [0.15, 0.2) is 48.5 Å². The van der Waals surface area contributed by atoms with Gasteiger partial charge in [-0.05, 0) is 42.8 Å². The minimum Gasteiger partial charge on any atom is -0.491 e. The Morgan fingerprint density at radius 3 is 2.21 bits per heavy atom. The van der Waals surface area contributed by atoms with Crippen molar-refractivity contribution in [3.8, 4) is 5.75 Å². The van der Waals surface area contributed by atoms with E-state index < -0.39 is 0 Å². The molecule has 0 aromatic heterocycles. The van der Waals surface area contributed by atoms with E-state index >= 15 is 0 Å². The summed E-state index contributed by atoms with van der Waals surface area (Å²) in [6, 6.07) is 14.3. The van der Waals surface area contributed by atoms with Gasteiger partial charge in [-0.1, -0.05) is 18.2 Å². The molecule has 2 aromatic carbocycles. The van der Waals surface area contributed by atoms with Crippen molar-refractivity contribution >= 4 is 23.3 Å². The summed E-state index contributed by atoms with van der Waals surface area (Å²) >= 11 is 0. The smallest absolute Gasteiger partial charge is 0.319 e. The second-order valence-corrected chi connectivity index (χ2v) is 5.25. The first-order chi connectivity index (χ1) is 11.5. The standard InChI is InChI=1S/C18H21N3O3/c1-13-5-3-4-6-17(13)24-12-11-19-18(23)21-16-9-7-15(8-10-16)20-14(2)22/h3-10H,11-12H2,1-2H3,(H,20,22)(H2,19,21,23). The Morgan fingerprint density at radius 2 is 1.58 bits per heavy atom. The maximum absolute atomic E-state index is 11.8. The molecule has 0 saturated heterocycles. The molecule has 24 heavy (non-hydrogen) atoms. The van der Waals surface area contributed by atoms with Gasteiger partial charge in [0.1, 0.15) is 12.4 Å². The third-order valence-corrected chi connectivity index (χ3v) is 3.20. The summed E-state index contributed by atoms with van der Waals surface area (Å²) in [6.07, 6.45) is 0. The Balaban J connectivity index is 1.71. The summed E-state index contributed by atoms with van der Waals surface area (Å²) in [4.78, 5) is 22.7. The number of aryl methyl sites for hydroxylation is 1. The van der Waals surface area contributed by atoms with Crippen LogP contribution < -0.4 is 20.7 Å². The molecule has 6 nitrogen and oxygen atoms in total. The van der Waals surface area contributed by atoms with Crippen LogP contribution >= 0.6 is 0 Å². The fourth-order valence-corrected chi connectivity index (χ4v) is 2.06. The molecule has 0 heterocycles. The molecule has 2 rings (SSSR count). The molecule has 0 saturated carbocycles. The van der Waals surface area contributed by atoms with Crippen LogP contribution in [0, 0.1) is 6.92 Å². The number of carbonyl (C=O) groups excluding carboxylic acids is 2. The monoisotopic (exact) mass is 327 g/mol. The first kappa shape index (κ1) is 17.3. The molecule has 0 radical (unpaired) electrons. The molecule has 6 heteroatoms. The molecule has 126 valence electrons. The largest absolute Gasteiger partial charge is 0.491 e. The second kappa shape index (κ2) is 8.57. The predicted molar refractivity (Wildman–Crippen MR) is 94.4 cm³/mol. The van der Waals surface area contributed by atoms with Gasteiger partial charge in [0.2, 0.25) is 5.91 Å². The van der Waals surface area contributed by atoms with E-state index in [0.29, 0.717) is 24.5 Å². The normalized spacial score (nSPS) is 9.92. The van der Waals surface area contributed by atoms with Crippen molar-refractivity contribution in [1.82, 2.24) is 5.32 Å². The molecule has 0 aliphatic heterocycles. The highest BCUT2D eigenvalue weighted by Crippen LogP contribution is 2.15. The lowest BCUT2D eigenvalue weighted by Gasteiger charge is -2.11. The van der Waals surface area contributed by atoms with Crippen molar-refractivity contribution in [1.29, 1.82) is 0 Å². The van der Waals surface area contributed by atoms with Crippen LogP contribution in [-0.2, 0) is 4.79 Å². The molecule has 0 atom stereocenters. The quantitative estimate of drug-likeness (QED) is 0.713. The highest BCUT2D eigenvalue weighted by Gasteiger charge is 2.03. The predicted octanol–water partition coefficient (Wildman–Crippen LogP) is 3.15. The second-order valence-electron chi connectivity index (χ2n) is 5.25. The van der Waals surface area contributed by atoms with Crippen LogP contribution in [0.5, 0.6) is 5.75 Å². The minimum atomic E-state index is -0.310. The summed E-state index contributed by atoms with van der Waals surface area (Å²) in [5.41, 5.74) is 2.38. The minimum absolute atomic E-state index is 0.137. The number of hydrogen-bond donors (Lipinski definition) is 3. The molecule has 0 spiro atoms. The van der Waals surface area contributed by atoms with Crippen molar-refractivity contribution in [3.63, 3.8) is 0 Å². The van der Waals surface area contributed by atoms with Crippen molar-refractivity contribution in [3.05, 3.63) is 54.1 Å². The van der Waals surface area contributed by atoms with E-state index in [0.717, 1.165) is 11.3 Å². The summed E-state index contributed by atoms with van der Waals surface area (Å²) in [5.74, 6) is 0.676. The van der Waals surface area contributed by atoms with E-state index in [1.807, 2.05) is 31.2 Å². The van der Waals surface area contributed by atoms with Gasteiger partial charge in [0.15, 0.2) is 0 Å². The summed E-state index contributed by atoms with van der Waals surface area (Å²) in [5, 5.41) is 8.10. The number of para-hydroxylation sites is 1. The van der Waals surface area contributed by atoms with Crippen LogP contribution in [0.2, 0.25) is 0 Å². The Kier molecular flexibility index (Phi) is 6.19. The Hall–Kier alpha value is -3.02. The van der Waals surface area contributed by atoms with Gasteiger partial charge in [0.05, 0.1) is 6.54 Å². The molecule has 3 N–H and O–H groups in total. The number of carbonyl (C=O) groups is 2. The number of urea groups is 1. The Morgan fingerprint density at radius 1 is 0.958 bits per heavy atom. The molecule has 0 fully saturated rings. The van der Waals surface area contributed by atoms with Gasteiger partial charge in [-0.3, -0.25) is 4.79 Å². The number of anilines is 2. The van der Waals surface area contributed by atoms with Gasteiger partial charge in [0, 0.05) is 18.3 Å². The molecule has 0 aliphatic carbocycles. The highest BCUT2D eigenvalue weighted by atomic mass is 16.5. The summed E-state index contributed by atoms with van der Waals surface area (Å²) in [7, 11) is 0. The van der Waals surface area contributed by atoms with E-state index in [2.05, 4.69) is 16.0 Å². The van der Waals surface area contributed by atoms with Crippen molar-refractivity contribution < 1.29 is 14.3 Å². The maximum Gasteiger partial charge on any atom is 0.319 e. The lowest BCUT2D eigenvalue weighted by molar-refractivity contribution is -0.114. The van der Waals surface area contributed by atoms with Crippen molar-refractivity contribution in [2.45, 2.75) is 13.8 Å². The zero-order chi connectivity index (χ0) is 17.4. The Bertz CT molecular complexity index is 699. The van der Waals surface area contributed by atoms with Gasteiger partial charge in [0.25, 0.3) is 0 Å². The number of amides is 3. The molecule has 0 unspecified atom stereocenters. The lowest BCUT2D eigenvalue weighted by Crippen LogP contribution is -2.32. The number of rotatable bonds is 6. The molecular formula is C18H21N3O3. The number of benzene rings is 2. The first-order valence-electron chi connectivity index (χ1n) is 7.65. The van der Waals surface area contributed by atoms with Gasteiger partial charge < -0.3 is 20.7 Å². The van der Waals surface area contributed by atoms with Crippen LogP contribution in [0.1, 0.15) is 12.5 Å². The van der Waals surface area contributed by atoms with Gasteiger partial charge in [-0.2, -0.15) is 0 Å². The zero-order valence-electron chi connectivity index (χ0n) is 13.8. The number of nitrogens with one attached hydrogen (secondary N) is 3. The van der Waals surface area contributed by atoms with Gasteiger partial charge >= 0.3 is 6.03 Å². The van der Waals surface area contributed by atoms with E-state index in [1.54, 1.807) is 24.3 Å². The highest BCUT2D eigenvalue weighted by molar-refractivity contribution is 5.91. The first-order valence-corrected chi connectivity index (χ1v) is 7.65. The SMILES string of the molecule is CC(=O)Nc1ccc(NC(=O)NCCOc2ccccc2C)cc1. The van der Waals surface area contributed by atoms with Gasteiger partial charge in [-0.25, -0.2) is 4.79 Å². The third kappa shape index (κ3) is 5.64. The lowest BCUT2D eigenvalue weighted by atomic mass is 10.2.